The monoisotopic (exact) mass is 438 g/mol. The Morgan fingerprint density at radius 1 is 1.41 bits per heavy atom. The van der Waals surface area contributed by atoms with Gasteiger partial charge in [0.15, 0.2) is 0 Å². The molecular weight excluding hydrogens is 414 g/mol. The Morgan fingerprint density at radius 2 is 2.17 bits per heavy atom. The summed E-state index contributed by atoms with van der Waals surface area (Å²) in [5, 5.41) is 13.5. The highest BCUT2D eigenvalue weighted by atomic mass is 35.5. The molecule has 1 aliphatic heterocycles. The second-order valence-electron chi connectivity index (χ2n) is 7.62. The second kappa shape index (κ2) is 9.90. The van der Waals surface area contributed by atoms with Crippen molar-refractivity contribution in [3.05, 3.63) is 65.0 Å². The number of anilines is 1. The van der Waals surface area contributed by atoms with Gasteiger partial charge in [0.1, 0.15) is 5.83 Å². The first kappa shape index (κ1) is 22.0. The van der Waals surface area contributed by atoms with Crippen LogP contribution in [0.2, 0.25) is 5.02 Å². The fourth-order valence-electron chi connectivity index (χ4n) is 3.80. The number of allylic oxidation sites excluding steroid dienone is 4. The SMILES string of the molecule is C=C(Cl)/C=C\C=C(/F)C1C[C@H](CO)N(CC2CC2)C1C(=O)Nc1cccc(Cl)c1. The van der Waals surface area contributed by atoms with Crippen LogP contribution in [0.4, 0.5) is 10.1 Å². The lowest BCUT2D eigenvalue weighted by atomic mass is 9.96. The lowest BCUT2D eigenvalue weighted by Crippen LogP contribution is -2.47. The van der Waals surface area contributed by atoms with Crippen LogP contribution in [-0.2, 0) is 4.79 Å². The van der Waals surface area contributed by atoms with Crippen LogP contribution in [0.1, 0.15) is 19.3 Å². The van der Waals surface area contributed by atoms with E-state index in [1.165, 1.54) is 18.2 Å². The third-order valence-corrected chi connectivity index (χ3v) is 5.72. The van der Waals surface area contributed by atoms with Gasteiger partial charge in [-0.3, -0.25) is 9.69 Å². The van der Waals surface area contributed by atoms with Crippen LogP contribution in [-0.4, -0.2) is 41.1 Å². The zero-order chi connectivity index (χ0) is 21.0. The molecule has 3 rings (SSSR count). The maximum absolute atomic E-state index is 15.0. The van der Waals surface area contributed by atoms with Crippen molar-refractivity contribution >= 4 is 34.8 Å². The topological polar surface area (TPSA) is 52.6 Å². The van der Waals surface area contributed by atoms with Crippen molar-refractivity contribution in [2.75, 3.05) is 18.5 Å². The van der Waals surface area contributed by atoms with Crippen LogP contribution in [0.15, 0.2) is 59.9 Å². The summed E-state index contributed by atoms with van der Waals surface area (Å²) in [6.07, 6.45) is 6.85. The molecule has 0 aromatic heterocycles. The van der Waals surface area contributed by atoms with Crippen LogP contribution >= 0.6 is 23.2 Å². The number of hydrogen-bond donors (Lipinski definition) is 2. The zero-order valence-electron chi connectivity index (χ0n) is 16.0. The van der Waals surface area contributed by atoms with E-state index in [1.807, 2.05) is 4.90 Å². The Hall–Kier alpha value is -1.66. The number of aliphatic hydroxyl groups is 1. The lowest BCUT2D eigenvalue weighted by Gasteiger charge is -2.30. The summed E-state index contributed by atoms with van der Waals surface area (Å²) in [4.78, 5) is 15.1. The van der Waals surface area contributed by atoms with Crippen LogP contribution < -0.4 is 5.32 Å². The Balaban J connectivity index is 1.86. The number of aliphatic hydroxyl groups excluding tert-OH is 1. The number of hydrogen-bond acceptors (Lipinski definition) is 3. The summed E-state index contributed by atoms with van der Waals surface area (Å²) < 4.78 is 15.0. The van der Waals surface area contributed by atoms with Crippen LogP contribution in [0.25, 0.3) is 0 Å². The van der Waals surface area contributed by atoms with Gasteiger partial charge in [0.05, 0.1) is 12.6 Å². The molecule has 156 valence electrons. The normalized spacial score (nSPS) is 25.5. The number of likely N-dealkylation sites (tertiary alicyclic amines) is 1. The van der Waals surface area contributed by atoms with Crippen molar-refractivity contribution in [1.29, 1.82) is 0 Å². The van der Waals surface area contributed by atoms with Crippen molar-refractivity contribution in [3.63, 3.8) is 0 Å². The molecule has 1 heterocycles. The molecule has 29 heavy (non-hydrogen) atoms. The van der Waals surface area contributed by atoms with Crippen molar-refractivity contribution < 1.29 is 14.3 Å². The van der Waals surface area contributed by atoms with Gasteiger partial charge < -0.3 is 10.4 Å². The smallest absolute Gasteiger partial charge is 0.242 e. The number of benzene rings is 1. The molecule has 0 radical (unpaired) electrons. The highest BCUT2D eigenvalue weighted by Gasteiger charge is 2.48. The molecule has 4 nitrogen and oxygen atoms in total. The highest BCUT2D eigenvalue weighted by molar-refractivity contribution is 6.31. The van der Waals surface area contributed by atoms with Crippen LogP contribution in [0, 0.1) is 11.8 Å². The van der Waals surface area contributed by atoms with E-state index in [-0.39, 0.29) is 18.6 Å². The van der Waals surface area contributed by atoms with E-state index in [2.05, 4.69) is 11.9 Å². The standard InChI is InChI=1S/C22H25Cl2FN2O2/c1-14(23)4-2-7-20(25)19-11-18(13-28)27(12-15-8-9-15)21(19)22(29)26-17-6-3-5-16(24)10-17/h2-7,10,15,18-19,21,28H,1,8-9,11-13H2,(H,26,29)/b4-2-,20-7-/t18-,19?,21?/m1/s1. The first-order chi connectivity index (χ1) is 13.9. The minimum Gasteiger partial charge on any atom is -0.395 e. The summed E-state index contributed by atoms with van der Waals surface area (Å²) in [5.74, 6) is -0.876. The van der Waals surface area contributed by atoms with Crippen molar-refractivity contribution in [1.82, 2.24) is 4.90 Å². The van der Waals surface area contributed by atoms with E-state index in [4.69, 9.17) is 23.2 Å². The van der Waals surface area contributed by atoms with Gasteiger partial charge in [-0.15, -0.1) is 0 Å². The van der Waals surface area contributed by atoms with Crippen molar-refractivity contribution in [3.8, 4) is 0 Å². The Morgan fingerprint density at radius 3 is 2.79 bits per heavy atom. The Labute approximate surface area is 180 Å². The van der Waals surface area contributed by atoms with Gasteiger partial charge in [-0.2, -0.15) is 0 Å². The molecule has 2 fully saturated rings. The first-order valence-corrected chi connectivity index (χ1v) is 10.5. The van der Waals surface area contributed by atoms with E-state index in [9.17, 15) is 9.90 Å². The van der Waals surface area contributed by atoms with Gasteiger partial charge >= 0.3 is 0 Å². The predicted octanol–water partition coefficient (Wildman–Crippen LogP) is 4.90. The summed E-state index contributed by atoms with van der Waals surface area (Å²) >= 11 is 11.7. The molecule has 0 bridgehead atoms. The quantitative estimate of drug-likeness (QED) is 0.567. The molecule has 1 saturated carbocycles. The van der Waals surface area contributed by atoms with Crippen molar-refractivity contribution in [2.24, 2.45) is 11.8 Å². The zero-order valence-corrected chi connectivity index (χ0v) is 17.5. The third-order valence-electron chi connectivity index (χ3n) is 5.36. The van der Waals surface area contributed by atoms with E-state index in [0.29, 0.717) is 34.6 Å². The van der Waals surface area contributed by atoms with Crippen LogP contribution in [0.5, 0.6) is 0 Å². The molecule has 2 unspecified atom stereocenters. The van der Waals surface area contributed by atoms with Gasteiger partial charge in [-0.25, -0.2) is 4.39 Å². The van der Waals surface area contributed by atoms with E-state index in [1.54, 1.807) is 24.3 Å². The maximum atomic E-state index is 15.0. The third kappa shape index (κ3) is 5.92. The summed E-state index contributed by atoms with van der Waals surface area (Å²) in [6.45, 7) is 4.09. The maximum Gasteiger partial charge on any atom is 0.242 e. The average Bonchev–Trinajstić information content (AvgIpc) is 3.40. The molecule has 0 spiro atoms. The number of halogens is 3. The number of nitrogens with one attached hydrogen (secondary N) is 1. The summed E-state index contributed by atoms with van der Waals surface area (Å²) in [7, 11) is 0. The molecule has 1 aliphatic carbocycles. The number of nitrogens with zero attached hydrogens (tertiary/aromatic N) is 1. The fraction of sp³-hybridized carbons (Fsp3) is 0.409. The highest BCUT2D eigenvalue weighted by Crippen LogP contribution is 2.40. The number of amides is 1. The molecular formula is C22H25Cl2FN2O2. The molecule has 1 aromatic carbocycles. The van der Waals surface area contributed by atoms with Gasteiger partial charge in [0, 0.05) is 34.2 Å². The van der Waals surface area contributed by atoms with E-state index < -0.39 is 17.8 Å². The number of carbonyl (C=O) groups excluding carboxylic acids is 1. The minimum atomic E-state index is -0.712. The van der Waals surface area contributed by atoms with Gasteiger partial charge in [0.25, 0.3) is 0 Å². The number of carbonyl (C=O) groups is 1. The molecule has 1 amide bonds. The summed E-state index contributed by atoms with van der Waals surface area (Å²) in [6, 6.07) is 5.88. The van der Waals surface area contributed by atoms with Gasteiger partial charge in [0.2, 0.25) is 5.91 Å². The average molecular weight is 439 g/mol. The van der Waals surface area contributed by atoms with Crippen molar-refractivity contribution in [2.45, 2.75) is 31.3 Å². The largest absolute Gasteiger partial charge is 0.395 e. The van der Waals surface area contributed by atoms with E-state index in [0.717, 1.165) is 12.8 Å². The molecule has 1 saturated heterocycles. The molecule has 3 atom stereocenters. The second-order valence-corrected chi connectivity index (χ2v) is 8.54. The summed E-state index contributed by atoms with van der Waals surface area (Å²) in [5.41, 5.74) is 0.558. The first-order valence-electron chi connectivity index (χ1n) is 9.70. The van der Waals surface area contributed by atoms with Gasteiger partial charge in [-0.1, -0.05) is 41.9 Å². The Bertz CT molecular complexity index is 823. The molecule has 7 heteroatoms. The molecule has 2 aliphatic rings. The minimum absolute atomic E-state index is 0.119. The molecule has 1 aromatic rings. The fourth-order valence-corrected chi connectivity index (χ4v) is 4.07. The van der Waals surface area contributed by atoms with Gasteiger partial charge in [-0.05, 0) is 55.5 Å². The molecule has 2 N–H and O–H groups in total. The predicted molar refractivity (Wildman–Crippen MR) is 116 cm³/mol. The van der Waals surface area contributed by atoms with E-state index >= 15 is 4.39 Å². The number of rotatable bonds is 8. The lowest BCUT2D eigenvalue weighted by molar-refractivity contribution is -0.122. The Kier molecular flexibility index (Phi) is 7.52. The van der Waals surface area contributed by atoms with Crippen LogP contribution in [0.3, 0.4) is 0 Å².